The van der Waals surface area contributed by atoms with Crippen LogP contribution in [0.15, 0.2) is 16.9 Å². The van der Waals surface area contributed by atoms with Gasteiger partial charge in [0, 0.05) is 38.5 Å². The second-order valence-corrected chi connectivity index (χ2v) is 6.83. The predicted molar refractivity (Wildman–Crippen MR) is 83.5 cm³/mol. The summed E-state index contributed by atoms with van der Waals surface area (Å²) in [6.45, 7) is 4.69. The van der Waals surface area contributed by atoms with E-state index in [1.165, 1.54) is 12.3 Å². The molecule has 1 aromatic heterocycles. The Bertz CT molecular complexity index is 657. The number of morpholine rings is 1. The lowest BCUT2D eigenvalue weighted by molar-refractivity contribution is -0.170. The zero-order valence-corrected chi connectivity index (χ0v) is 14.2. The summed E-state index contributed by atoms with van der Waals surface area (Å²) in [5.74, 6) is -0.930. The average Bonchev–Trinajstić information content (AvgIpc) is 3.22. The van der Waals surface area contributed by atoms with Crippen LogP contribution >= 0.6 is 0 Å². The maximum atomic E-state index is 12.6. The molecule has 0 spiro atoms. The molecular formula is C16H21N3O6. The van der Waals surface area contributed by atoms with Crippen molar-refractivity contribution in [1.29, 1.82) is 0 Å². The molecule has 1 aromatic rings. The van der Waals surface area contributed by atoms with E-state index in [2.05, 4.69) is 15.0 Å². The summed E-state index contributed by atoms with van der Waals surface area (Å²) in [5, 5.41) is 6.29. The zero-order chi connectivity index (χ0) is 18.0. The van der Waals surface area contributed by atoms with Crippen molar-refractivity contribution in [2.24, 2.45) is 0 Å². The zero-order valence-electron chi connectivity index (χ0n) is 14.2. The lowest BCUT2D eigenvalue weighted by Crippen LogP contribution is -2.58. The largest absolute Gasteiger partial charge is 0.452 e. The number of hydrogen-bond donors (Lipinski definition) is 1. The van der Waals surface area contributed by atoms with Crippen molar-refractivity contribution < 1.29 is 28.4 Å². The van der Waals surface area contributed by atoms with Crippen LogP contribution in [-0.2, 0) is 19.1 Å². The fourth-order valence-electron chi connectivity index (χ4n) is 3.10. The lowest BCUT2D eigenvalue weighted by atomic mass is 10.0. The maximum Gasteiger partial charge on any atom is 0.306 e. The highest BCUT2D eigenvalue weighted by molar-refractivity contribution is 5.92. The second kappa shape index (κ2) is 6.83. The van der Waals surface area contributed by atoms with Gasteiger partial charge in [0.15, 0.2) is 11.8 Å². The van der Waals surface area contributed by atoms with Crippen molar-refractivity contribution in [2.75, 3.05) is 19.6 Å². The van der Waals surface area contributed by atoms with Gasteiger partial charge >= 0.3 is 5.97 Å². The Morgan fingerprint density at radius 1 is 1.44 bits per heavy atom. The first-order chi connectivity index (χ1) is 11.8. The summed E-state index contributed by atoms with van der Waals surface area (Å²) in [7, 11) is 0. The summed E-state index contributed by atoms with van der Waals surface area (Å²) in [5.41, 5.74) is -0.388. The van der Waals surface area contributed by atoms with Crippen LogP contribution in [0.4, 0.5) is 0 Å². The number of amides is 2. The summed E-state index contributed by atoms with van der Waals surface area (Å²) in [4.78, 5) is 37.4. The van der Waals surface area contributed by atoms with Crippen molar-refractivity contribution in [3.05, 3.63) is 18.0 Å². The molecule has 2 saturated heterocycles. The Morgan fingerprint density at radius 3 is 2.88 bits per heavy atom. The molecule has 2 fully saturated rings. The summed E-state index contributed by atoms with van der Waals surface area (Å²) >= 11 is 0. The molecule has 2 aliphatic rings. The van der Waals surface area contributed by atoms with Crippen molar-refractivity contribution in [1.82, 2.24) is 15.4 Å². The van der Waals surface area contributed by atoms with Crippen LogP contribution in [0.3, 0.4) is 0 Å². The minimum atomic E-state index is -0.716. The molecule has 2 atom stereocenters. The molecule has 3 rings (SSSR count). The smallest absolute Gasteiger partial charge is 0.306 e. The minimum Gasteiger partial charge on any atom is -0.452 e. The van der Waals surface area contributed by atoms with Gasteiger partial charge in [-0.15, -0.1) is 0 Å². The Hall–Kier alpha value is -2.42. The number of nitrogens with one attached hydrogen (secondary N) is 1. The summed E-state index contributed by atoms with van der Waals surface area (Å²) in [6.07, 6.45) is 0.899. The third-order valence-electron chi connectivity index (χ3n) is 4.11. The van der Waals surface area contributed by atoms with Crippen LogP contribution in [0, 0.1) is 0 Å². The monoisotopic (exact) mass is 351 g/mol. The normalized spacial score (nSPS) is 25.5. The molecule has 1 N–H and O–H groups in total. The van der Waals surface area contributed by atoms with E-state index in [9.17, 15) is 14.4 Å². The van der Waals surface area contributed by atoms with Crippen molar-refractivity contribution in [3.63, 3.8) is 0 Å². The number of carbonyl (C=O) groups is 3. The van der Waals surface area contributed by atoms with E-state index in [-0.39, 0.29) is 42.5 Å². The minimum absolute atomic E-state index is 0.181. The van der Waals surface area contributed by atoms with Gasteiger partial charge in [0.25, 0.3) is 11.8 Å². The molecule has 0 aromatic carbocycles. The van der Waals surface area contributed by atoms with Crippen molar-refractivity contribution in [3.8, 4) is 0 Å². The first kappa shape index (κ1) is 17.4. The molecule has 0 radical (unpaired) electrons. The van der Waals surface area contributed by atoms with Crippen molar-refractivity contribution in [2.45, 2.75) is 44.5 Å². The quantitative estimate of drug-likeness (QED) is 0.767. The average molecular weight is 351 g/mol. The molecule has 0 aliphatic carbocycles. The Balaban J connectivity index is 1.59. The molecule has 136 valence electrons. The van der Waals surface area contributed by atoms with E-state index in [4.69, 9.17) is 9.47 Å². The van der Waals surface area contributed by atoms with Crippen LogP contribution < -0.4 is 5.32 Å². The number of esters is 1. The Labute approximate surface area is 144 Å². The molecule has 9 nitrogen and oxygen atoms in total. The third kappa shape index (κ3) is 4.16. The Kier molecular flexibility index (Phi) is 4.76. The highest BCUT2D eigenvalue weighted by Crippen LogP contribution is 2.24. The molecule has 2 amide bonds. The fraction of sp³-hybridized carbons (Fsp3) is 0.625. The first-order valence-electron chi connectivity index (χ1n) is 8.19. The Morgan fingerprint density at radius 2 is 2.24 bits per heavy atom. The SMILES string of the molecule is CC1(C)CN(C(=O)[C@H]2CCC(=O)O2)CC(CNC(=O)c2ccon2)O1. The second-order valence-electron chi connectivity index (χ2n) is 6.83. The first-order valence-corrected chi connectivity index (χ1v) is 8.19. The van der Waals surface area contributed by atoms with Crippen LogP contribution in [0.2, 0.25) is 0 Å². The number of nitrogens with zero attached hydrogens (tertiary/aromatic N) is 2. The number of cyclic esters (lactones) is 1. The van der Waals surface area contributed by atoms with E-state index in [0.717, 1.165) is 0 Å². The molecular weight excluding hydrogens is 330 g/mol. The molecule has 0 bridgehead atoms. The van der Waals surface area contributed by atoms with Gasteiger partial charge in [-0.2, -0.15) is 0 Å². The molecule has 2 aliphatic heterocycles. The maximum absolute atomic E-state index is 12.6. The van der Waals surface area contributed by atoms with E-state index >= 15 is 0 Å². The molecule has 3 heterocycles. The number of aromatic nitrogens is 1. The lowest BCUT2D eigenvalue weighted by Gasteiger charge is -2.43. The molecule has 0 saturated carbocycles. The van der Waals surface area contributed by atoms with Crippen LogP contribution in [0.5, 0.6) is 0 Å². The molecule has 25 heavy (non-hydrogen) atoms. The van der Waals surface area contributed by atoms with E-state index in [1.54, 1.807) is 4.90 Å². The number of rotatable bonds is 4. The highest BCUT2D eigenvalue weighted by Gasteiger charge is 2.40. The highest BCUT2D eigenvalue weighted by atomic mass is 16.6. The molecule has 1 unspecified atom stereocenters. The number of ether oxygens (including phenoxy) is 2. The van der Waals surface area contributed by atoms with Gasteiger partial charge in [-0.3, -0.25) is 14.4 Å². The molecule has 9 heteroatoms. The summed E-state index contributed by atoms with van der Waals surface area (Å²) in [6, 6.07) is 1.46. The van der Waals surface area contributed by atoms with E-state index < -0.39 is 11.7 Å². The van der Waals surface area contributed by atoms with Gasteiger partial charge in [0.2, 0.25) is 0 Å². The van der Waals surface area contributed by atoms with Gasteiger partial charge in [-0.05, 0) is 13.8 Å². The third-order valence-corrected chi connectivity index (χ3v) is 4.11. The van der Waals surface area contributed by atoms with Gasteiger partial charge in [0.05, 0.1) is 11.7 Å². The van der Waals surface area contributed by atoms with Crippen molar-refractivity contribution >= 4 is 17.8 Å². The van der Waals surface area contributed by atoms with Crippen LogP contribution in [0.25, 0.3) is 0 Å². The number of carbonyl (C=O) groups excluding carboxylic acids is 3. The fourth-order valence-corrected chi connectivity index (χ4v) is 3.10. The van der Waals surface area contributed by atoms with E-state index in [0.29, 0.717) is 19.5 Å². The van der Waals surface area contributed by atoms with Gasteiger partial charge in [-0.1, -0.05) is 5.16 Å². The van der Waals surface area contributed by atoms with Gasteiger partial charge < -0.3 is 24.2 Å². The summed E-state index contributed by atoms with van der Waals surface area (Å²) < 4.78 is 15.7. The van der Waals surface area contributed by atoms with Gasteiger partial charge in [-0.25, -0.2) is 0 Å². The van der Waals surface area contributed by atoms with Crippen LogP contribution in [0.1, 0.15) is 37.2 Å². The van der Waals surface area contributed by atoms with Crippen LogP contribution in [-0.4, -0.2) is 65.3 Å². The van der Waals surface area contributed by atoms with Gasteiger partial charge in [0.1, 0.15) is 6.26 Å². The standard InChI is InChI=1S/C16H21N3O6/c1-16(2)9-19(15(22)12-3-4-13(20)24-12)8-10(25-16)7-17-14(21)11-5-6-23-18-11/h5-6,10,12H,3-4,7-9H2,1-2H3,(H,17,21)/t10?,12-/m1/s1. The predicted octanol–water partition coefficient (Wildman–Crippen LogP) is 0.116. The number of hydrogen-bond acceptors (Lipinski definition) is 7. The van der Waals surface area contributed by atoms with E-state index in [1.807, 2.05) is 13.8 Å². The topological polar surface area (TPSA) is 111 Å².